The molecule has 1 N–H and O–H groups in total. The summed E-state index contributed by atoms with van der Waals surface area (Å²) >= 11 is 6.16. The van der Waals surface area contributed by atoms with Gasteiger partial charge in [0.25, 0.3) is 0 Å². The number of hydrogen-bond acceptors (Lipinski definition) is 4. The number of halogens is 1. The molecule has 0 radical (unpaired) electrons. The number of rotatable bonds is 4. The number of benzene rings is 1. The Morgan fingerprint density at radius 3 is 3.10 bits per heavy atom. The molecule has 4 nitrogen and oxygen atoms in total. The van der Waals surface area contributed by atoms with Crippen molar-refractivity contribution in [1.29, 1.82) is 0 Å². The van der Waals surface area contributed by atoms with Gasteiger partial charge in [0.15, 0.2) is 11.5 Å². The van der Waals surface area contributed by atoms with Gasteiger partial charge in [0, 0.05) is 25.0 Å². The molecular weight excluding hydrogens is 276 g/mol. The Kier molecular flexibility index (Phi) is 3.76. The van der Waals surface area contributed by atoms with Gasteiger partial charge in [0.1, 0.15) is 0 Å². The van der Waals surface area contributed by atoms with E-state index in [4.69, 9.17) is 21.1 Å². The Bertz CT molecular complexity index is 604. The van der Waals surface area contributed by atoms with E-state index in [1.807, 2.05) is 24.4 Å². The SMILES string of the molecule is C[C@@H](NCc1cc(Cl)c2c(c1)OCO2)c1cccnc1. The number of hydrogen-bond donors (Lipinski definition) is 1. The van der Waals surface area contributed by atoms with Gasteiger partial charge in [-0.2, -0.15) is 0 Å². The molecule has 0 bridgehead atoms. The molecule has 0 saturated carbocycles. The molecule has 2 heterocycles. The van der Waals surface area contributed by atoms with Gasteiger partial charge < -0.3 is 14.8 Å². The van der Waals surface area contributed by atoms with Gasteiger partial charge in [-0.3, -0.25) is 4.98 Å². The molecule has 0 amide bonds. The second kappa shape index (κ2) is 5.69. The van der Waals surface area contributed by atoms with Gasteiger partial charge in [0.2, 0.25) is 6.79 Å². The van der Waals surface area contributed by atoms with Crippen LogP contribution in [0.3, 0.4) is 0 Å². The van der Waals surface area contributed by atoms with E-state index in [1.165, 1.54) is 0 Å². The van der Waals surface area contributed by atoms with Gasteiger partial charge in [0.05, 0.1) is 5.02 Å². The Hall–Kier alpha value is -1.78. The van der Waals surface area contributed by atoms with E-state index in [1.54, 1.807) is 6.20 Å². The Balaban J connectivity index is 1.68. The van der Waals surface area contributed by atoms with E-state index in [-0.39, 0.29) is 12.8 Å². The topological polar surface area (TPSA) is 43.4 Å². The second-order valence-corrected chi connectivity index (χ2v) is 5.11. The Morgan fingerprint density at radius 1 is 1.40 bits per heavy atom. The highest BCUT2D eigenvalue weighted by Crippen LogP contribution is 2.39. The normalized spacial score (nSPS) is 14.3. The smallest absolute Gasteiger partial charge is 0.231 e. The van der Waals surface area contributed by atoms with Crippen molar-refractivity contribution in [2.75, 3.05) is 6.79 Å². The first-order chi connectivity index (χ1) is 9.74. The number of nitrogens with one attached hydrogen (secondary N) is 1. The predicted molar refractivity (Wildman–Crippen MR) is 77.1 cm³/mol. The summed E-state index contributed by atoms with van der Waals surface area (Å²) in [6.45, 7) is 3.04. The maximum atomic E-state index is 6.16. The van der Waals surface area contributed by atoms with E-state index in [9.17, 15) is 0 Å². The first-order valence-corrected chi connectivity index (χ1v) is 6.83. The van der Waals surface area contributed by atoms with Gasteiger partial charge in [-0.25, -0.2) is 0 Å². The summed E-state index contributed by atoms with van der Waals surface area (Å²) in [6, 6.07) is 8.06. The maximum Gasteiger partial charge on any atom is 0.231 e. The molecule has 0 aliphatic carbocycles. The number of pyridine rings is 1. The zero-order chi connectivity index (χ0) is 13.9. The molecule has 0 spiro atoms. The van der Waals surface area contributed by atoms with E-state index >= 15 is 0 Å². The molecule has 2 aromatic rings. The predicted octanol–water partition coefficient (Wildman–Crippen LogP) is 3.31. The van der Waals surface area contributed by atoms with Crippen molar-refractivity contribution < 1.29 is 9.47 Å². The van der Waals surface area contributed by atoms with Crippen LogP contribution >= 0.6 is 11.6 Å². The Morgan fingerprint density at radius 2 is 2.30 bits per heavy atom. The zero-order valence-electron chi connectivity index (χ0n) is 11.1. The lowest BCUT2D eigenvalue weighted by molar-refractivity contribution is 0.174. The average molecular weight is 291 g/mol. The lowest BCUT2D eigenvalue weighted by atomic mass is 10.1. The summed E-state index contributed by atoms with van der Waals surface area (Å²) in [5.74, 6) is 1.35. The molecule has 3 rings (SSSR count). The summed E-state index contributed by atoms with van der Waals surface area (Å²) in [7, 11) is 0. The highest BCUT2D eigenvalue weighted by Gasteiger charge is 2.18. The minimum Gasteiger partial charge on any atom is -0.454 e. The third-order valence-electron chi connectivity index (χ3n) is 3.28. The van der Waals surface area contributed by atoms with Crippen LogP contribution in [0, 0.1) is 0 Å². The van der Waals surface area contributed by atoms with Crippen LogP contribution in [0.25, 0.3) is 0 Å². The van der Waals surface area contributed by atoms with Crippen molar-refractivity contribution in [2.45, 2.75) is 19.5 Å². The van der Waals surface area contributed by atoms with Gasteiger partial charge in [-0.1, -0.05) is 17.7 Å². The van der Waals surface area contributed by atoms with Crippen molar-refractivity contribution in [1.82, 2.24) is 10.3 Å². The van der Waals surface area contributed by atoms with E-state index in [0.29, 0.717) is 23.1 Å². The summed E-state index contributed by atoms with van der Waals surface area (Å²) < 4.78 is 10.7. The van der Waals surface area contributed by atoms with Crippen molar-refractivity contribution in [3.63, 3.8) is 0 Å². The van der Waals surface area contributed by atoms with Crippen LogP contribution in [0.4, 0.5) is 0 Å². The summed E-state index contributed by atoms with van der Waals surface area (Å²) in [6.07, 6.45) is 3.64. The van der Waals surface area contributed by atoms with Crippen LogP contribution in [0.1, 0.15) is 24.1 Å². The summed E-state index contributed by atoms with van der Waals surface area (Å²) in [5.41, 5.74) is 2.22. The quantitative estimate of drug-likeness (QED) is 0.938. The molecular formula is C15H15ClN2O2. The highest BCUT2D eigenvalue weighted by molar-refractivity contribution is 6.32. The molecule has 1 aromatic carbocycles. The minimum atomic E-state index is 0.216. The number of aromatic nitrogens is 1. The van der Waals surface area contributed by atoms with Crippen molar-refractivity contribution >= 4 is 11.6 Å². The van der Waals surface area contributed by atoms with Crippen LogP contribution in [0.15, 0.2) is 36.7 Å². The fourth-order valence-corrected chi connectivity index (χ4v) is 2.43. The van der Waals surface area contributed by atoms with Crippen molar-refractivity contribution in [3.05, 3.63) is 52.8 Å². The number of nitrogens with zero attached hydrogens (tertiary/aromatic N) is 1. The summed E-state index contributed by atoms with van der Waals surface area (Å²) in [4.78, 5) is 4.12. The van der Waals surface area contributed by atoms with E-state index in [0.717, 1.165) is 11.1 Å². The molecule has 0 unspecified atom stereocenters. The van der Waals surface area contributed by atoms with Gasteiger partial charge in [-0.05, 0) is 36.2 Å². The Labute approximate surface area is 122 Å². The first-order valence-electron chi connectivity index (χ1n) is 6.45. The summed E-state index contributed by atoms with van der Waals surface area (Å²) in [5, 5.41) is 4.03. The molecule has 1 atom stereocenters. The molecule has 5 heteroatoms. The minimum absolute atomic E-state index is 0.216. The molecule has 0 fully saturated rings. The molecule has 1 aromatic heterocycles. The molecule has 20 heavy (non-hydrogen) atoms. The number of ether oxygens (including phenoxy) is 2. The van der Waals surface area contributed by atoms with Gasteiger partial charge >= 0.3 is 0 Å². The molecule has 1 aliphatic rings. The average Bonchev–Trinajstić information content (AvgIpc) is 2.94. The van der Waals surface area contributed by atoms with Crippen LogP contribution < -0.4 is 14.8 Å². The fraction of sp³-hybridized carbons (Fsp3) is 0.267. The molecule has 1 aliphatic heterocycles. The monoisotopic (exact) mass is 290 g/mol. The van der Waals surface area contributed by atoms with Crippen LogP contribution in [-0.4, -0.2) is 11.8 Å². The van der Waals surface area contributed by atoms with Crippen molar-refractivity contribution in [2.24, 2.45) is 0 Å². The van der Waals surface area contributed by atoms with Crippen LogP contribution in [0.5, 0.6) is 11.5 Å². The zero-order valence-corrected chi connectivity index (χ0v) is 11.9. The maximum absolute atomic E-state index is 6.16. The standard InChI is InChI=1S/C15H15ClN2O2/c1-10(12-3-2-4-17-8-12)18-7-11-5-13(16)15-14(6-11)19-9-20-15/h2-6,8,10,18H,7,9H2,1H3/t10-/m1/s1. The molecule has 104 valence electrons. The van der Waals surface area contributed by atoms with E-state index < -0.39 is 0 Å². The third-order valence-corrected chi connectivity index (χ3v) is 3.56. The third kappa shape index (κ3) is 2.71. The van der Waals surface area contributed by atoms with Gasteiger partial charge in [-0.15, -0.1) is 0 Å². The largest absolute Gasteiger partial charge is 0.454 e. The first kappa shape index (κ1) is 13.2. The van der Waals surface area contributed by atoms with E-state index in [2.05, 4.69) is 23.3 Å². The second-order valence-electron chi connectivity index (χ2n) is 4.70. The van der Waals surface area contributed by atoms with Crippen molar-refractivity contribution in [3.8, 4) is 11.5 Å². The lowest BCUT2D eigenvalue weighted by Gasteiger charge is -2.14. The van der Waals surface area contributed by atoms with Crippen LogP contribution in [-0.2, 0) is 6.54 Å². The number of fused-ring (bicyclic) bond motifs is 1. The molecule has 0 saturated heterocycles. The lowest BCUT2D eigenvalue weighted by Crippen LogP contribution is -2.18. The fourth-order valence-electron chi connectivity index (χ4n) is 2.14. The van der Waals surface area contributed by atoms with Crippen LogP contribution in [0.2, 0.25) is 5.02 Å². The highest BCUT2D eigenvalue weighted by atomic mass is 35.5.